The number of hydrogen-bond acceptors (Lipinski definition) is 4. The van der Waals surface area contributed by atoms with Gasteiger partial charge < -0.3 is 14.8 Å². The van der Waals surface area contributed by atoms with Gasteiger partial charge in [0.05, 0.1) is 7.11 Å². The lowest BCUT2D eigenvalue weighted by molar-refractivity contribution is -0.121. The number of methoxy groups -OCH3 is 1. The third-order valence-corrected chi connectivity index (χ3v) is 5.78. The van der Waals surface area contributed by atoms with Crippen molar-refractivity contribution in [1.82, 2.24) is 10.2 Å². The first-order valence-electron chi connectivity index (χ1n) is 9.61. The number of likely N-dealkylation sites (N-methyl/N-ethyl adjacent to an activating group) is 1. The van der Waals surface area contributed by atoms with Crippen LogP contribution in [0.4, 0.5) is 0 Å². The van der Waals surface area contributed by atoms with E-state index in [0.717, 1.165) is 33.0 Å². The number of thiocarbonyl (C=S) groups is 1. The van der Waals surface area contributed by atoms with Crippen molar-refractivity contribution < 1.29 is 14.3 Å². The maximum atomic E-state index is 12.2. The summed E-state index contributed by atoms with van der Waals surface area (Å²) in [7, 11) is 3.27. The third-order valence-electron chi connectivity index (χ3n) is 4.99. The number of benzene rings is 2. The largest absolute Gasteiger partial charge is 0.496 e. The highest BCUT2D eigenvalue weighted by molar-refractivity contribution is 7.80. The van der Waals surface area contributed by atoms with Gasteiger partial charge in [0.2, 0.25) is 0 Å². The quantitative estimate of drug-likeness (QED) is 0.499. The molecule has 158 valence electrons. The van der Waals surface area contributed by atoms with Gasteiger partial charge in [-0.3, -0.25) is 9.69 Å². The number of hydrogen-bond donors (Lipinski definition) is 1. The molecule has 0 radical (unpaired) electrons. The maximum Gasteiger partial charge on any atom is 0.276 e. The lowest BCUT2D eigenvalue weighted by atomic mass is 10.0. The molecule has 0 spiro atoms. The molecule has 30 heavy (non-hydrogen) atoms. The van der Waals surface area contributed by atoms with Crippen LogP contribution >= 0.6 is 23.8 Å². The Morgan fingerprint density at radius 3 is 2.57 bits per heavy atom. The van der Waals surface area contributed by atoms with Gasteiger partial charge in [0.25, 0.3) is 5.91 Å². The second-order valence-electron chi connectivity index (χ2n) is 7.51. The predicted octanol–water partition coefficient (Wildman–Crippen LogP) is 5.05. The van der Waals surface area contributed by atoms with E-state index >= 15 is 0 Å². The zero-order valence-electron chi connectivity index (χ0n) is 17.7. The van der Waals surface area contributed by atoms with Crippen LogP contribution in [-0.4, -0.2) is 30.1 Å². The van der Waals surface area contributed by atoms with Gasteiger partial charge in [0.1, 0.15) is 23.8 Å². The van der Waals surface area contributed by atoms with Crippen LogP contribution in [0.3, 0.4) is 0 Å². The van der Waals surface area contributed by atoms with Crippen LogP contribution in [0.15, 0.2) is 36.0 Å². The number of amides is 1. The van der Waals surface area contributed by atoms with Crippen molar-refractivity contribution in [2.24, 2.45) is 0 Å². The summed E-state index contributed by atoms with van der Waals surface area (Å²) in [5, 5.41) is 4.05. The molecule has 0 aromatic heterocycles. The minimum atomic E-state index is -0.160. The zero-order valence-corrected chi connectivity index (χ0v) is 19.3. The molecule has 0 unspecified atom stereocenters. The number of aryl methyl sites for hydroxylation is 1. The van der Waals surface area contributed by atoms with Crippen LogP contribution in [-0.2, 0) is 11.4 Å². The van der Waals surface area contributed by atoms with Crippen molar-refractivity contribution in [1.29, 1.82) is 0 Å². The van der Waals surface area contributed by atoms with E-state index in [1.807, 2.05) is 37.3 Å². The number of ether oxygens (including phenoxy) is 2. The van der Waals surface area contributed by atoms with Crippen LogP contribution in [0.25, 0.3) is 6.08 Å². The second-order valence-corrected chi connectivity index (χ2v) is 8.30. The summed E-state index contributed by atoms with van der Waals surface area (Å²) in [5.74, 6) is 1.63. The molecule has 1 N–H and O–H groups in total. The summed E-state index contributed by atoms with van der Waals surface area (Å²) in [6, 6.07) is 9.63. The van der Waals surface area contributed by atoms with Gasteiger partial charge in [-0.05, 0) is 72.1 Å². The Balaban J connectivity index is 1.88. The Labute approximate surface area is 187 Å². The molecule has 1 heterocycles. The summed E-state index contributed by atoms with van der Waals surface area (Å²) in [6.45, 7) is 6.49. The van der Waals surface area contributed by atoms with Crippen molar-refractivity contribution in [3.05, 3.63) is 63.3 Å². The minimum absolute atomic E-state index is 0.160. The van der Waals surface area contributed by atoms with Crippen molar-refractivity contribution in [3.63, 3.8) is 0 Å². The molecule has 7 heteroatoms. The monoisotopic (exact) mass is 444 g/mol. The molecular formula is C23H25ClN2O3S. The van der Waals surface area contributed by atoms with E-state index in [9.17, 15) is 4.79 Å². The molecule has 1 aliphatic rings. The average molecular weight is 445 g/mol. The Morgan fingerprint density at radius 2 is 1.97 bits per heavy atom. The summed E-state index contributed by atoms with van der Waals surface area (Å²) < 4.78 is 11.7. The van der Waals surface area contributed by atoms with Crippen molar-refractivity contribution in [2.45, 2.75) is 33.3 Å². The number of halogens is 1. The van der Waals surface area contributed by atoms with Crippen LogP contribution < -0.4 is 14.8 Å². The van der Waals surface area contributed by atoms with E-state index < -0.39 is 0 Å². The highest BCUT2D eigenvalue weighted by Gasteiger charge is 2.27. The van der Waals surface area contributed by atoms with Gasteiger partial charge in [0, 0.05) is 17.6 Å². The molecule has 0 saturated carbocycles. The molecule has 1 aliphatic heterocycles. The zero-order chi connectivity index (χ0) is 22.0. The summed E-state index contributed by atoms with van der Waals surface area (Å²) in [4.78, 5) is 13.7. The molecule has 2 aromatic rings. The van der Waals surface area contributed by atoms with E-state index in [4.69, 9.17) is 33.3 Å². The topological polar surface area (TPSA) is 50.8 Å². The van der Waals surface area contributed by atoms with E-state index in [2.05, 4.69) is 19.2 Å². The van der Waals surface area contributed by atoms with Crippen LogP contribution in [0.5, 0.6) is 11.5 Å². The summed E-state index contributed by atoms with van der Waals surface area (Å²) in [5.41, 5.74) is 4.18. The van der Waals surface area contributed by atoms with Crippen molar-refractivity contribution >= 4 is 40.9 Å². The van der Waals surface area contributed by atoms with E-state index in [-0.39, 0.29) is 11.8 Å². The minimum Gasteiger partial charge on any atom is -0.496 e. The molecule has 1 fully saturated rings. The van der Waals surface area contributed by atoms with Gasteiger partial charge in [-0.1, -0.05) is 31.5 Å². The van der Waals surface area contributed by atoms with E-state index in [1.54, 1.807) is 20.2 Å². The second kappa shape index (κ2) is 9.06. The first kappa shape index (κ1) is 22.1. The summed E-state index contributed by atoms with van der Waals surface area (Å²) >= 11 is 11.4. The fourth-order valence-corrected chi connectivity index (χ4v) is 3.56. The fourth-order valence-electron chi connectivity index (χ4n) is 3.19. The molecule has 2 aromatic carbocycles. The highest BCUT2D eigenvalue weighted by atomic mass is 35.5. The number of nitrogens with zero attached hydrogens (tertiary/aromatic N) is 1. The maximum absolute atomic E-state index is 12.2. The van der Waals surface area contributed by atoms with Crippen LogP contribution in [0.1, 0.15) is 42.0 Å². The molecule has 0 aliphatic carbocycles. The Hall–Kier alpha value is -2.57. The Kier molecular flexibility index (Phi) is 6.68. The number of nitrogens with one attached hydrogen (secondary N) is 1. The normalized spacial score (nSPS) is 15.2. The third kappa shape index (κ3) is 4.60. The lowest BCUT2D eigenvalue weighted by Crippen LogP contribution is -2.25. The van der Waals surface area contributed by atoms with E-state index in [0.29, 0.717) is 23.2 Å². The highest BCUT2D eigenvalue weighted by Crippen LogP contribution is 2.33. The Morgan fingerprint density at radius 1 is 1.23 bits per heavy atom. The Bertz CT molecular complexity index is 1030. The molecule has 3 rings (SSSR count). The van der Waals surface area contributed by atoms with Gasteiger partial charge in [-0.15, -0.1) is 0 Å². The molecule has 0 atom stereocenters. The molecular weight excluding hydrogens is 420 g/mol. The number of carbonyl (C=O) groups is 1. The molecule has 0 bridgehead atoms. The van der Waals surface area contributed by atoms with Crippen LogP contribution in [0.2, 0.25) is 5.02 Å². The van der Waals surface area contributed by atoms with Gasteiger partial charge in [-0.2, -0.15) is 0 Å². The van der Waals surface area contributed by atoms with E-state index in [1.165, 1.54) is 4.90 Å². The SMILES string of the molecule is COc1ccc(/C=C2/NC(=S)N(C)C2=O)cc1COc1cc(C)c(Cl)cc1C(C)C. The van der Waals surface area contributed by atoms with Gasteiger partial charge >= 0.3 is 0 Å². The first-order valence-corrected chi connectivity index (χ1v) is 10.4. The number of carbonyl (C=O) groups excluding carboxylic acids is 1. The molecule has 5 nitrogen and oxygen atoms in total. The fraction of sp³-hybridized carbons (Fsp3) is 0.304. The summed E-state index contributed by atoms with van der Waals surface area (Å²) in [6.07, 6.45) is 1.77. The standard InChI is InChI=1S/C23H25ClN2O3S/c1-13(2)17-11-18(24)14(3)8-21(17)29-12-16-9-15(6-7-20(16)28-5)10-19-22(27)26(4)23(30)25-19/h6-11,13H,12H2,1-5H3,(H,25,30)/b19-10+. The molecule has 1 saturated heterocycles. The smallest absolute Gasteiger partial charge is 0.276 e. The van der Waals surface area contributed by atoms with Gasteiger partial charge in [-0.25, -0.2) is 0 Å². The van der Waals surface area contributed by atoms with Crippen LogP contribution in [0, 0.1) is 6.92 Å². The first-order chi connectivity index (χ1) is 14.2. The van der Waals surface area contributed by atoms with Gasteiger partial charge in [0.15, 0.2) is 5.11 Å². The number of rotatable bonds is 6. The van der Waals surface area contributed by atoms with Crippen molar-refractivity contribution in [3.8, 4) is 11.5 Å². The average Bonchev–Trinajstić information content (AvgIpc) is 2.95. The van der Waals surface area contributed by atoms with Crippen molar-refractivity contribution in [2.75, 3.05) is 14.2 Å². The predicted molar refractivity (Wildman–Crippen MR) is 124 cm³/mol. The molecule has 1 amide bonds. The lowest BCUT2D eigenvalue weighted by Gasteiger charge is -2.17.